The first-order chi connectivity index (χ1) is 10.1. The molecule has 0 aromatic carbocycles. The zero-order valence-electron chi connectivity index (χ0n) is 12.5. The number of hydrogen-bond acceptors (Lipinski definition) is 3. The van der Waals surface area contributed by atoms with Gasteiger partial charge in [0.1, 0.15) is 0 Å². The van der Waals surface area contributed by atoms with E-state index < -0.39 is 5.41 Å². The Labute approximate surface area is 131 Å². The summed E-state index contributed by atoms with van der Waals surface area (Å²) in [5.74, 6) is 0.228. The summed E-state index contributed by atoms with van der Waals surface area (Å²) in [7, 11) is 0. The molecule has 6 heteroatoms. The SMILES string of the molecule is NC(=S)C1(C(=O)NCCNC(=O)C2CC2)CCCCCC1. The predicted octanol–water partition coefficient (Wildman–Crippen LogP) is 1.26. The Morgan fingerprint density at radius 1 is 1.05 bits per heavy atom. The highest BCUT2D eigenvalue weighted by Gasteiger charge is 2.41. The molecule has 2 amide bonds. The largest absolute Gasteiger partial charge is 0.392 e. The Bertz CT molecular complexity index is 413. The van der Waals surface area contributed by atoms with Crippen molar-refractivity contribution in [3.63, 3.8) is 0 Å². The van der Waals surface area contributed by atoms with Crippen LogP contribution in [0.1, 0.15) is 51.4 Å². The number of rotatable bonds is 6. The molecule has 21 heavy (non-hydrogen) atoms. The molecule has 0 bridgehead atoms. The lowest BCUT2D eigenvalue weighted by atomic mass is 9.79. The van der Waals surface area contributed by atoms with E-state index in [9.17, 15) is 9.59 Å². The number of nitrogens with two attached hydrogens (primary N) is 1. The van der Waals surface area contributed by atoms with Crippen molar-refractivity contribution in [3.05, 3.63) is 0 Å². The molecule has 0 radical (unpaired) electrons. The van der Waals surface area contributed by atoms with E-state index in [4.69, 9.17) is 18.0 Å². The van der Waals surface area contributed by atoms with Crippen molar-refractivity contribution in [1.82, 2.24) is 10.6 Å². The van der Waals surface area contributed by atoms with Gasteiger partial charge in [0.2, 0.25) is 11.8 Å². The molecule has 2 saturated carbocycles. The minimum atomic E-state index is -0.688. The maximum Gasteiger partial charge on any atom is 0.233 e. The summed E-state index contributed by atoms with van der Waals surface area (Å²) in [4.78, 5) is 24.3. The molecular formula is C15H25N3O2S. The van der Waals surface area contributed by atoms with Gasteiger partial charge in [0.25, 0.3) is 0 Å². The fourth-order valence-electron chi connectivity index (χ4n) is 2.94. The fraction of sp³-hybridized carbons (Fsp3) is 0.800. The van der Waals surface area contributed by atoms with Gasteiger partial charge in [0.15, 0.2) is 0 Å². The highest BCUT2D eigenvalue weighted by atomic mass is 32.1. The average molecular weight is 311 g/mol. The molecule has 2 fully saturated rings. The summed E-state index contributed by atoms with van der Waals surface area (Å²) >= 11 is 5.17. The summed E-state index contributed by atoms with van der Waals surface area (Å²) in [5.41, 5.74) is 5.19. The van der Waals surface area contributed by atoms with Crippen LogP contribution in [0, 0.1) is 11.3 Å². The van der Waals surface area contributed by atoms with Crippen molar-refractivity contribution >= 4 is 29.0 Å². The Balaban J connectivity index is 1.80. The summed E-state index contributed by atoms with van der Waals surface area (Å²) in [6.07, 6.45) is 7.70. The summed E-state index contributed by atoms with van der Waals surface area (Å²) in [6.45, 7) is 0.899. The maximum absolute atomic E-state index is 12.5. The first-order valence-corrected chi connectivity index (χ1v) is 8.33. The number of carbonyl (C=O) groups excluding carboxylic acids is 2. The molecule has 118 valence electrons. The van der Waals surface area contributed by atoms with Gasteiger partial charge in [-0.1, -0.05) is 37.9 Å². The van der Waals surface area contributed by atoms with Gasteiger partial charge in [-0.3, -0.25) is 9.59 Å². The molecule has 0 saturated heterocycles. The first-order valence-electron chi connectivity index (χ1n) is 7.92. The van der Waals surface area contributed by atoms with Gasteiger partial charge in [0, 0.05) is 19.0 Å². The number of carbonyl (C=O) groups is 2. The van der Waals surface area contributed by atoms with Crippen LogP contribution in [0.2, 0.25) is 0 Å². The van der Waals surface area contributed by atoms with E-state index in [1.165, 1.54) is 0 Å². The van der Waals surface area contributed by atoms with Crippen molar-refractivity contribution < 1.29 is 9.59 Å². The van der Waals surface area contributed by atoms with Crippen LogP contribution in [0.4, 0.5) is 0 Å². The van der Waals surface area contributed by atoms with Gasteiger partial charge < -0.3 is 16.4 Å². The fourth-order valence-corrected chi connectivity index (χ4v) is 3.24. The highest BCUT2D eigenvalue weighted by molar-refractivity contribution is 7.80. The van der Waals surface area contributed by atoms with Gasteiger partial charge in [-0.05, 0) is 25.7 Å². The van der Waals surface area contributed by atoms with E-state index in [1.54, 1.807) is 0 Å². The van der Waals surface area contributed by atoms with Crippen LogP contribution in [0.15, 0.2) is 0 Å². The normalized spacial score (nSPS) is 21.1. The van der Waals surface area contributed by atoms with Crippen LogP contribution in [-0.4, -0.2) is 29.9 Å². The van der Waals surface area contributed by atoms with Crippen molar-refractivity contribution in [2.45, 2.75) is 51.4 Å². The quantitative estimate of drug-likeness (QED) is 0.392. The predicted molar refractivity (Wildman–Crippen MR) is 85.7 cm³/mol. The highest BCUT2D eigenvalue weighted by Crippen LogP contribution is 2.35. The third-order valence-electron chi connectivity index (χ3n) is 4.52. The third kappa shape index (κ3) is 4.15. The smallest absolute Gasteiger partial charge is 0.233 e. The average Bonchev–Trinajstić information content (AvgIpc) is 3.28. The van der Waals surface area contributed by atoms with E-state index in [0.29, 0.717) is 18.1 Å². The van der Waals surface area contributed by atoms with Gasteiger partial charge >= 0.3 is 0 Å². The van der Waals surface area contributed by atoms with Crippen LogP contribution in [0.25, 0.3) is 0 Å². The van der Waals surface area contributed by atoms with E-state index in [2.05, 4.69) is 10.6 Å². The second-order valence-electron chi connectivity index (χ2n) is 6.18. The lowest BCUT2D eigenvalue weighted by molar-refractivity contribution is -0.128. The van der Waals surface area contributed by atoms with E-state index in [0.717, 1.165) is 51.4 Å². The second kappa shape index (κ2) is 7.20. The summed E-state index contributed by atoms with van der Waals surface area (Å²) in [6, 6.07) is 0. The molecule has 5 nitrogen and oxygen atoms in total. The summed E-state index contributed by atoms with van der Waals surface area (Å²) in [5, 5.41) is 5.74. The van der Waals surface area contributed by atoms with E-state index in [1.807, 2.05) is 0 Å². The van der Waals surface area contributed by atoms with Crippen molar-refractivity contribution in [2.75, 3.05) is 13.1 Å². The topological polar surface area (TPSA) is 84.2 Å². The Morgan fingerprint density at radius 2 is 1.62 bits per heavy atom. The van der Waals surface area contributed by atoms with Crippen molar-refractivity contribution in [3.8, 4) is 0 Å². The lowest BCUT2D eigenvalue weighted by Crippen LogP contribution is -2.50. The van der Waals surface area contributed by atoms with Gasteiger partial charge in [-0.15, -0.1) is 0 Å². The van der Waals surface area contributed by atoms with E-state index in [-0.39, 0.29) is 17.7 Å². The monoisotopic (exact) mass is 311 g/mol. The third-order valence-corrected chi connectivity index (χ3v) is 4.91. The number of amides is 2. The number of nitrogens with one attached hydrogen (secondary N) is 2. The van der Waals surface area contributed by atoms with Crippen LogP contribution in [0.3, 0.4) is 0 Å². The Kier molecular flexibility index (Phi) is 5.56. The van der Waals surface area contributed by atoms with Gasteiger partial charge in [0.05, 0.1) is 10.4 Å². The number of hydrogen-bond donors (Lipinski definition) is 3. The van der Waals surface area contributed by atoms with Crippen LogP contribution >= 0.6 is 12.2 Å². The molecule has 2 aliphatic rings. The lowest BCUT2D eigenvalue weighted by Gasteiger charge is -2.30. The van der Waals surface area contributed by atoms with Crippen LogP contribution < -0.4 is 16.4 Å². The molecule has 0 aromatic heterocycles. The number of thiocarbonyl (C=S) groups is 1. The second-order valence-corrected chi connectivity index (χ2v) is 6.62. The molecular weight excluding hydrogens is 286 g/mol. The minimum Gasteiger partial charge on any atom is -0.392 e. The van der Waals surface area contributed by atoms with Crippen molar-refractivity contribution in [1.29, 1.82) is 0 Å². The summed E-state index contributed by atoms with van der Waals surface area (Å²) < 4.78 is 0. The van der Waals surface area contributed by atoms with E-state index >= 15 is 0 Å². The standard InChI is InChI=1S/C15H25N3O2S/c16-13(21)15(7-3-1-2-4-8-15)14(20)18-10-9-17-12(19)11-5-6-11/h11H,1-10H2,(H2,16,21)(H,17,19)(H,18,20). The molecule has 0 unspecified atom stereocenters. The Morgan fingerprint density at radius 3 is 2.14 bits per heavy atom. The van der Waals surface area contributed by atoms with Crippen LogP contribution in [0.5, 0.6) is 0 Å². The molecule has 0 atom stereocenters. The minimum absolute atomic E-state index is 0.0717. The molecule has 0 spiro atoms. The Hall–Kier alpha value is -1.17. The van der Waals surface area contributed by atoms with Gasteiger partial charge in [-0.25, -0.2) is 0 Å². The molecule has 2 aliphatic carbocycles. The van der Waals surface area contributed by atoms with Crippen LogP contribution in [-0.2, 0) is 9.59 Å². The molecule has 0 heterocycles. The zero-order valence-corrected chi connectivity index (χ0v) is 13.3. The first kappa shape index (κ1) is 16.2. The molecule has 2 rings (SSSR count). The molecule has 0 aromatic rings. The molecule has 4 N–H and O–H groups in total. The van der Waals surface area contributed by atoms with Crippen molar-refractivity contribution in [2.24, 2.45) is 17.1 Å². The van der Waals surface area contributed by atoms with Gasteiger partial charge in [-0.2, -0.15) is 0 Å². The molecule has 0 aliphatic heterocycles. The zero-order chi connectivity index (χ0) is 15.3. The maximum atomic E-state index is 12.5.